The van der Waals surface area contributed by atoms with E-state index in [1.165, 1.54) is 18.2 Å². The molecule has 0 aliphatic heterocycles. The van der Waals surface area contributed by atoms with E-state index in [0.717, 1.165) is 0 Å². The van der Waals surface area contributed by atoms with Crippen LogP contribution in [0.15, 0.2) is 34.7 Å². The first-order chi connectivity index (χ1) is 9.81. The third-order valence-corrected chi connectivity index (χ3v) is 3.46. The van der Waals surface area contributed by atoms with Gasteiger partial charge < -0.3 is 14.8 Å². The summed E-state index contributed by atoms with van der Waals surface area (Å²) in [6.45, 7) is 5.12. The highest BCUT2D eigenvalue weighted by Gasteiger charge is 2.28. The van der Waals surface area contributed by atoms with Gasteiger partial charge in [-0.05, 0) is 45.0 Å². The Balaban J connectivity index is 2.09. The molecule has 0 saturated heterocycles. The summed E-state index contributed by atoms with van der Waals surface area (Å²) >= 11 is 0. The molecule has 0 saturated carbocycles. The van der Waals surface area contributed by atoms with Crippen molar-refractivity contribution < 1.29 is 18.3 Å². The van der Waals surface area contributed by atoms with Crippen LogP contribution in [0.4, 0.5) is 8.78 Å². The first kappa shape index (κ1) is 15.7. The van der Waals surface area contributed by atoms with Crippen LogP contribution in [0.5, 0.6) is 0 Å². The molecular formula is C16H19F2NO2. The molecule has 0 aliphatic carbocycles. The van der Waals surface area contributed by atoms with Gasteiger partial charge in [0.2, 0.25) is 0 Å². The van der Waals surface area contributed by atoms with E-state index in [1.807, 2.05) is 0 Å². The van der Waals surface area contributed by atoms with Gasteiger partial charge in [-0.1, -0.05) is 6.07 Å². The quantitative estimate of drug-likeness (QED) is 0.888. The van der Waals surface area contributed by atoms with Gasteiger partial charge in [0.25, 0.3) is 0 Å². The molecule has 2 aromatic rings. The molecule has 0 amide bonds. The van der Waals surface area contributed by atoms with Crippen molar-refractivity contribution in [2.45, 2.75) is 32.4 Å². The van der Waals surface area contributed by atoms with Gasteiger partial charge in [-0.2, -0.15) is 0 Å². The Hall–Kier alpha value is -1.72. The number of aryl methyl sites for hydroxylation is 1. The number of rotatable bonds is 5. The van der Waals surface area contributed by atoms with Crippen LogP contribution < -0.4 is 5.32 Å². The van der Waals surface area contributed by atoms with E-state index in [2.05, 4.69) is 5.32 Å². The Bertz CT molecular complexity index is 602. The standard InChI is InChI=1S/C16H19F2NO2/c1-10-7-8-14(21-10)16(3,20)9-19-11(2)15-12(17)5-4-6-13(15)18/h4-8,11,19-20H,9H2,1-3H3. The monoisotopic (exact) mass is 295 g/mol. The van der Waals surface area contributed by atoms with Crippen LogP contribution >= 0.6 is 0 Å². The van der Waals surface area contributed by atoms with Crippen molar-refractivity contribution in [2.24, 2.45) is 0 Å². The lowest BCUT2D eigenvalue weighted by molar-refractivity contribution is 0.0310. The number of aliphatic hydroxyl groups is 1. The number of furan rings is 1. The molecule has 1 aromatic heterocycles. The normalized spacial score (nSPS) is 15.7. The van der Waals surface area contributed by atoms with E-state index < -0.39 is 23.3 Å². The molecule has 2 atom stereocenters. The fourth-order valence-corrected chi connectivity index (χ4v) is 2.19. The Labute approximate surface area is 122 Å². The van der Waals surface area contributed by atoms with Gasteiger partial charge in [0.1, 0.15) is 28.8 Å². The lowest BCUT2D eigenvalue weighted by Crippen LogP contribution is -2.36. The first-order valence-corrected chi connectivity index (χ1v) is 6.78. The van der Waals surface area contributed by atoms with Crippen LogP contribution in [0, 0.1) is 18.6 Å². The molecule has 5 heteroatoms. The minimum absolute atomic E-state index is 0.0380. The summed E-state index contributed by atoms with van der Waals surface area (Å²) in [5, 5.41) is 13.3. The van der Waals surface area contributed by atoms with Gasteiger partial charge in [0.05, 0.1) is 0 Å². The summed E-state index contributed by atoms with van der Waals surface area (Å²) in [6.07, 6.45) is 0. The maximum absolute atomic E-state index is 13.7. The Morgan fingerprint density at radius 1 is 1.24 bits per heavy atom. The second kappa shape index (κ2) is 5.95. The predicted octanol–water partition coefficient (Wildman–Crippen LogP) is 3.42. The lowest BCUT2D eigenvalue weighted by atomic mass is 10.0. The summed E-state index contributed by atoms with van der Waals surface area (Å²) in [7, 11) is 0. The summed E-state index contributed by atoms with van der Waals surface area (Å²) < 4.78 is 32.8. The molecule has 2 unspecified atom stereocenters. The molecule has 3 nitrogen and oxygen atoms in total. The van der Waals surface area contributed by atoms with Crippen LogP contribution in [0.2, 0.25) is 0 Å². The van der Waals surface area contributed by atoms with Crippen LogP contribution in [-0.2, 0) is 5.60 Å². The minimum atomic E-state index is -1.26. The first-order valence-electron chi connectivity index (χ1n) is 6.78. The molecule has 2 N–H and O–H groups in total. The molecule has 1 aromatic carbocycles. The zero-order valence-electron chi connectivity index (χ0n) is 12.3. The van der Waals surface area contributed by atoms with Crippen molar-refractivity contribution in [3.05, 3.63) is 59.1 Å². The van der Waals surface area contributed by atoms with Crippen LogP contribution in [0.25, 0.3) is 0 Å². The zero-order valence-corrected chi connectivity index (χ0v) is 12.3. The van der Waals surface area contributed by atoms with Crippen molar-refractivity contribution in [3.8, 4) is 0 Å². The second-order valence-corrected chi connectivity index (χ2v) is 5.42. The summed E-state index contributed by atoms with van der Waals surface area (Å²) in [6, 6.07) is 6.61. The third-order valence-electron chi connectivity index (χ3n) is 3.46. The zero-order chi connectivity index (χ0) is 15.6. The molecule has 0 aliphatic rings. The second-order valence-electron chi connectivity index (χ2n) is 5.42. The summed E-state index contributed by atoms with van der Waals surface area (Å²) in [5.74, 6) is -0.112. The van der Waals surface area contributed by atoms with E-state index >= 15 is 0 Å². The van der Waals surface area contributed by atoms with E-state index in [9.17, 15) is 13.9 Å². The van der Waals surface area contributed by atoms with Gasteiger partial charge in [-0.15, -0.1) is 0 Å². The predicted molar refractivity (Wildman–Crippen MR) is 75.8 cm³/mol. The van der Waals surface area contributed by atoms with Gasteiger partial charge >= 0.3 is 0 Å². The molecule has 114 valence electrons. The fraction of sp³-hybridized carbons (Fsp3) is 0.375. The fourth-order valence-electron chi connectivity index (χ4n) is 2.19. The molecular weight excluding hydrogens is 276 g/mol. The largest absolute Gasteiger partial charge is 0.463 e. The molecule has 2 rings (SSSR count). The summed E-state index contributed by atoms with van der Waals surface area (Å²) in [4.78, 5) is 0. The highest BCUT2D eigenvalue weighted by atomic mass is 19.1. The van der Waals surface area contributed by atoms with Crippen molar-refractivity contribution in [1.29, 1.82) is 0 Å². The van der Waals surface area contributed by atoms with Gasteiger partial charge in [0.15, 0.2) is 0 Å². The molecule has 21 heavy (non-hydrogen) atoms. The Morgan fingerprint density at radius 3 is 2.38 bits per heavy atom. The number of nitrogens with one attached hydrogen (secondary N) is 1. The van der Waals surface area contributed by atoms with Crippen LogP contribution in [-0.4, -0.2) is 11.7 Å². The maximum atomic E-state index is 13.7. The molecule has 0 spiro atoms. The highest BCUT2D eigenvalue weighted by Crippen LogP contribution is 2.25. The van der Waals surface area contributed by atoms with Crippen LogP contribution in [0.1, 0.15) is 37.0 Å². The van der Waals surface area contributed by atoms with E-state index in [-0.39, 0.29) is 12.1 Å². The van der Waals surface area contributed by atoms with E-state index in [4.69, 9.17) is 4.42 Å². The highest BCUT2D eigenvalue weighted by molar-refractivity contribution is 5.23. The SMILES string of the molecule is Cc1ccc(C(C)(O)CNC(C)c2c(F)cccc2F)o1. The summed E-state index contributed by atoms with van der Waals surface area (Å²) in [5.41, 5.74) is -1.30. The van der Waals surface area contributed by atoms with Gasteiger partial charge in [-0.3, -0.25) is 0 Å². The maximum Gasteiger partial charge on any atom is 0.136 e. The number of benzene rings is 1. The van der Waals surface area contributed by atoms with Crippen molar-refractivity contribution in [2.75, 3.05) is 6.54 Å². The average molecular weight is 295 g/mol. The Kier molecular flexibility index (Phi) is 4.44. The average Bonchev–Trinajstić information content (AvgIpc) is 2.84. The van der Waals surface area contributed by atoms with E-state index in [0.29, 0.717) is 11.5 Å². The van der Waals surface area contributed by atoms with E-state index in [1.54, 1.807) is 32.9 Å². The molecule has 0 bridgehead atoms. The van der Waals surface area contributed by atoms with Gasteiger partial charge in [-0.25, -0.2) is 8.78 Å². The topological polar surface area (TPSA) is 45.4 Å². The molecule has 0 radical (unpaired) electrons. The Morgan fingerprint density at radius 2 is 1.86 bits per heavy atom. The number of hydrogen-bond acceptors (Lipinski definition) is 3. The number of hydrogen-bond donors (Lipinski definition) is 2. The molecule has 0 fully saturated rings. The smallest absolute Gasteiger partial charge is 0.136 e. The van der Waals surface area contributed by atoms with Crippen molar-refractivity contribution >= 4 is 0 Å². The lowest BCUT2D eigenvalue weighted by Gasteiger charge is -2.24. The molecule has 1 heterocycles. The number of halogens is 2. The minimum Gasteiger partial charge on any atom is -0.463 e. The third kappa shape index (κ3) is 3.49. The van der Waals surface area contributed by atoms with Crippen molar-refractivity contribution in [1.82, 2.24) is 5.32 Å². The van der Waals surface area contributed by atoms with Crippen molar-refractivity contribution in [3.63, 3.8) is 0 Å². The van der Waals surface area contributed by atoms with Crippen LogP contribution in [0.3, 0.4) is 0 Å². The van der Waals surface area contributed by atoms with Gasteiger partial charge in [0, 0.05) is 18.2 Å².